The van der Waals surface area contributed by atoms with Crippen molar-refractivity contribution in [2.24, 2.45) is 5.73 Å². The molecule has 6 heteroatoms. The zero-order valence-electron chi connectivity index (χ0n) is 16.5. The van der Waals surface area contributed by atoms with Crippen LogP contribution in [-0.4, -0.2) is 29.5 Å². The Hall–Kier alpha value is -3.28. The first-order chi connectivity index (χ1) is 14.1. The van der Waals surface area contributed by atoms with Crippen molar-refractivity contribution in [2.45, 2.75) is 31.1 Å². The normalized spacial score (nSPS) is 18.8. The van der Waals surface area contributed by atoms with Crippen LogP contribution in [0.2, 0.25) is 0 Å². The lowest BCUT2D eigenvalue weighted by Gasteiger charge is -2.23. The number of ether oxygens (including phenoxy) is 1. The standard InChI is InChI=1S/C23H24N4O2/c1-13(29-2)3-4-14(10-24)18-9-17-15(11-25-18)5-6-16-19-21(27-20(16)17)23(7-8-23)12-26-22(19)28/h3-4,9-11,27H,1,5-8,12,24H2,2H3,(H,26,28)/b4-3-,14-10+. The van der Waals surface area contributed by atoms with Crippen LogP contribution in [0.15, 0.2) is 43.0 Å². The van der Waals surface area contributed by atoms with Crippen molar-refractivity contribution < 1.29 is 9.53 Å². The maximum Gasteiger partial charge on any atom is 0.253 e. The number of rotatable bonds is 4. The Labute approximate surface area is 169 Å². The molecule has 1 fully saturated rings. The molecule has 2 aromatic rings. The van der Waals surface area contributed by atoms with Gasteiger partial charge in [0, 0.05) is 41.2 Å². The number of hydrogen-bond acceptors (Lipinski definition) is 4. The van der Waals surface area contributed by atoms with Crippen LogP contribution in [-0.2, 0) is 23.0 Å². The largest absolute Gasteiger partial charge is 0.497 e. The molecule has 0 radical (unpaired) electrons. The number of nitrogens with two attached hydrogens (primary N) is 1. The monoisotopic (exact) mass is 388 g/mol. The molecule has 2 aliphatic carbocycles. The summed E-state index contributed by atoms with van der Waals surface area (Å²) >= 11 is 0. The molecular formula is C23H24N4O2. The van der Waals surface area contributed by atoms with Gasteiger partial charge in [0.2, 0.25) is 0 Å². The van der Waals surface area contributed by atoms with E-state index in [4.69, 9.17) is 10.5 Å². The van der Waals surface area contributed by atoms with Gasteiger partial charge in [0.25, 0.3) is 5.91 Å². The molecule has 6 nitrogen and oxygen atoms in total. The van der Waals surface area contributed by atoms with Crippen molar-refractivity contribution in [2.75, 3.05) is 13.7 Å². The molecule has 0 aromatic carbocycles. The second kappa shape index (κ2) is 6.37. The summed E-state index contributed by atoms with van der Waals surface area (Å²) in [6.07, 6.45) is 11.0. The van der Waals surface area contributed by atoms with Crippen molar-refractivity contribution in [1.29, 1.82) is 0 Å². The van der Waals surface area contributed by atoms with Crippen molar-refractivity contribution >= 4 is 11.5 Å². The molecule has 3 heterocycles. The molecule has 0 saturated heterocycles. The van der Waals surface area contributed by atoms with E-state index < -0.39 is 0 Å². The Kier molecular flexibility index (Phi) is 3.91. The molecule has 3 aliphatic rings. The van der Waals surface area contributed by atoms with Gasteiger partial charge >= 0.3 is 0 Å². The van der Waals surface area contributed by atoms with Crippen LogP contribution in [0.5, 0.6) is 0 Å². The van der Waals surface area contributed by atoms with Crippen LogP contribution in [0.3, 0.4) is 0 Å². The van der Waals surface area contributed by atoms with E-state index in [2.05, 4.69) is 27.9 Å². The summed E-state index contributed by atoms with van der Waals surface area (Å²) in [5.74, 6) is 0.596. The molecule has 2 aromatic heterocycles. The maximum atomic E-state index is 12.6. The minimum atomic E-state index is 0.0521. The topological polar surface area (TPSA) is 93.0 Å². The van der Waals surface area contributed by atoms with Crippen LogP contribution in [0.1, 0.15) is 45.7 Å². The second-order valence-electron chi connectivity index (χ2n) is 8.04. The minimum absolute atomic E-state index is 0.0521. The van der Waals surface area contributed by atoms with Gasteiger partial charge in [-0.1, -0.05) is 6.58 Å². The van der Waals surface area contributed by atoms with E-state index in [0.717, 1.165) is 71.6 Å². The van der Waals surface area contributed by atoms with Gasteiger partial charge < -0.3 is 20.8 Å². The lowest BCUT2D eigenvalue weighted by molar-refractivity contribution is 0.0936. The lowest BCUT2D eigenvalue weighted by atomic mass is 9.86. The van der Waals surface area contributed by atoms with Crippen molar-refractivity contribution in [3.05, 3.63) is 71.0 Å². The average molecular weight is 388 g/mol. The highest BCUT2D eigenvalue weighted by Crippen LogP contribution is 2.52. The first kappa shape index (κ1) is 17.8. The summed E-state index contributed by atoms with van der Waals surface area (Å²) in [5, 5.41) is 3.10. The number of pyridine rings is 1. The number of carbonyl (C=O) groups excluding carboxylic acids is 1. The molecule has 0 atom stereocenters. The smallest absolute Gasteiger partial charge is 0.253 e. The van der Waals surface area contributed by atoms with Gasteiger partial charge in [0.1, 0.15) is 5.76 Å². The van der Waals surface area contributed by atoms with Crippen molar-refractivity contribution in [3.8, 4) is 11.3 Å². The highest BCUT2D eigenvalue weighted by molar-refractivity contribution is 6.01. The first-order valence-corrected chi connectivity index (χ1v) is 9.92. The van der Waals surface area contributed by atoms with Crippen LogP contribution >= 0.6 is 0 Å². The molecule has 1 amide bonds. The summed E-state index contributed by atoms with van der Waals surface area (Å²) in [6, 6.07) is 2.06. The number of nitrogens with zero attached hydrogens (tertiary/aromatic N) is 1. The number of methoxy groups -OCH3 is 1. The fraction of sp³-hybridized carbons (Fsp3) is 0.304. The highest BCUT2D eigenvalue weighted by Gasteiger charge is 2.51. The van der Waals surface area contributed by atoms with Crippen LogP contribution in [0.4, 0.5) is 0 Å². The number of nitrogens with one attached hydrogen (secondary N) is 2. The Balaban J connectivity index is 1.60. The van der Waals surface area contributed by atoms with E-state index >= 15 is 0 Å². The van der Waals surface area contributed by atoms with Crippen LogP contribution in [0, 0.1) is 0 Å². The van der Waals surface area contributed by atoms with Crippen molar-refractivity contribution in [1.82, 2.24) is 15.3 Å². The number of aromatic nitrogens is 2. The molecule has 1 aliphatic heterocycles. The third-order valence-electron chi connectivity index (χ3n) is 6.39. The number of aryl methyl sites for hydroxylation is 1. The molecule has 0 bridgehead atoms. The summed E-state index contributed by atoms with van der Waals surface area (Å²) in [6.45, 7) is 4.53. The summed E-state index contributed by atoms with van der Waals surface area (Å²) in [5.41, 5.74) is 14.0. The molecule has 0 unspecified atom stereocenters. The van der Waals surface area contributed by atoms with Gasteiger partial charge in [-0.05, 0) is 55.0 Å². The summed E-state index contributed by atoms with van der Waals surface area (Å²) in [7, 11) is 1.58. The predicted octanol–water partition coefficient (Wildman–Crippen LogP) is 2.97. The number of carbonyl (C=O) groups is 1. The number of aromatic amines is 1. The van der Waals surface area contributed by atoms with Crippen molar-refractivity contribution in [3.63, 3.8) is 0 Å². The van der Waals surface area contributed by atoms with E-state index in [1.807, 2.05) is 12.3 Å². The molecular weight excluding hydrogens is 364 g/mol. The van der Waals surface area contributed by atoms with Crippen LogP contribution < -0.4 is 11.1 Å². The quantitative estimate of drug-likeness (QED) is 0.555. The first-order valence-electron chi connectivity index (χ1n) is 9.92. The summed E-state index contributed by atoms with van der Waals surface area (Å²) in [4.78, 5) is 20.9. The van der Waals surface area contributed by atoms with Gasteiger partial charge in [0.05, 0.1) is 24.1 Å². The summed E-state index contributed by atoms with van der Waals surface area (Å²) < 4.78 is 5.09. The predicted molar refractivity (Wildman–Crippen MR) is 112 cm³/mol. The Morgan fingerprint density at radius 2 is 2.17 bits per heavy atom. The van der Waals surface area contributed by atoms with Crippen LogP contribution in [0.25, 0.3) is 16.8 Å². The lowest BCUT2D eigenvalue weighted by Crippen LogP contribution is -2.39. The van der Waals surface area contributed by atoms with E-state index in [1.54, 1.807) is 13.2 Å². The Morgan fingerprint density at radius 3 is 2.90 bits per heavy atom. The Bertz CT molecular complexity index is 1100. The molecule has 5 rings (SSSR count). The number of hydrogen-bond donors (Lipinski definition) is 3. The third kappa shape index (κ3) is 2.70. The zero-order chi connectivity index (χ0) is 20.2. The fourth-order valence-corrected chi connectivity index (χ4v) is 4.48. The maximum absolute atomic E-state index is 12.6. The minimum Gasteiger partial charge on any atom is -0.497 e. The molecule has 1 spiro atoms. The molecule has 4 N–H and O–H groups in total. The van der Waals surface area contributed by atoms with Gasteiger partial charge in [-0.15, -0.1) is 0 Å². The fourth-order valence-electron chi connectivity index (χ4n) is 4.48. The van der Waals surface area contributed by atoms with Gasteiger partial charge in [-0.2, -0.15) is 0 Å². The van der Waals surface area contributed by atoms with E-state index in [1.165, 1.54) is 11.8 Å². The van der Waals surface area contributed by atoms with E-state index in [0.29, 0.717) is 5.76 Å². The average Bonchev–Trinajstić information content (AvgIpc) is 3.41. The number of amides is 1. The molecule has 148 valence electrons. The van der Waals surface area contributed by atoms with E-state index in [-0.39, 0.29) is 11.3 Å². The zero-order valence-corrected chi connectivity index (χ0v) is 16.5. The SMILES string of the molecule is C=C(/C=C\C(=C/N)c1cc2c(cn1)CCc1c-2[nH]c2c1C(=O)NCC21CC1)OC. The second-order valence-corrected chi connectivity index (χ2v) is 8.04. The van der Waals surface area contributed by atoms with E-state index in [9.17, 15) is 4.79 Å². The number of fused-ring (bicyclic) bond motifs is 6. The van der Waals surface area contributed by atoms with Gasteiger partial charge in [-0.25, -0.2) is 0 Å². The van der Waals surface area contributed by atoms with Gasteiger partial charge in [-0.3, -0.25) is 9.78 Å². The third-order valence-corrected chi connectivity index (χ3v) is 6.39. The Morgan fingerprint density at radius 1 is 1.34 bits per heavy atom. The molecule has 29 heavy (non-hydrogen) atoms. The molecule has 1 saturated carbocycles. The number of H-pyrrole nitrogens is 1. The highest BCUT2D eigenvalue weighted by atomic mass is 16.5. The number of allylic oxidation sites excluding steroid dienone is 3. The van der Waals surface area contributed by atoms with Gasteiger partial charge in [0.15, 0.2) is 0 Å².